The highest BCUT2D eigenvalue weighted by molar-refractivity contribution is 5.74. The minimum absolute atomic E-state index is 0.113. The van der Waals surface area contributed by atoms with Gasteiger partial charge >= 0.3 is 5.97 Å². The molecule has 3 atom stereocenters. The first-order valence-electron chi connectivity index (χ1n) is 6.18. The molecule has 1 aromatic carbocycles. The molecule has 1 saturated heterocycles. The normalized spacial score (nSPS) is 32.1. The molecular weight excluding hydrogens is 216 g/mol. The number of hydrogen-bond acceptors (Lipinski definition) is 3. The van der Waals surface area contributed by atoms with Crippen molar-refractivity contribution >= 4 is 5.97 Å². The molecule has 0 bridgehead atoms. The lowest BCUT2D eigenvalue weighted by Gasteiger charge is -2.24. The van der Waals surface area contributed by atoms with E-state index in [4.69, 9.17) is 4.74 Å². The number of benzene rings is 1. The topological polar surface area (TPSA) is 46.5 Å². The Morgan fingerprint density at radius 1 is 1.29 bits per heavy atom. The number of carbonyl (C=O) groups is 1. The number of fused-ring (bicyclic) bond motifs is 2. The molecule has 2 aliphatic rings. The Morgan fingerprint density at radius 3 is 3.00 bits per heavy atom. The first-order chi connectivity index (χ1) is 8.25. The van der Waals surface area contributed by atoms with Gasteiger partial charge in [0.2, 0.25) is 0 Å². The molecule has 3 heteroatoms. The van der Waals surface area contributed by atoms with Gasteiger partial charge in [0, 0.05) is 5.92 Å². The van der Waals surface area contributed by atoms with Gasteiger partial charge in [0.15, 0.2) is 0 Å². The molecule has 0 radical (unpaired) electrons. The zero-order valence-electron chi connectivity index (χ0n) is 9.63. The molecule has 1 aliphatic heterocycles. The summed E-state index contributed by atoms with van der Waals surface area (Å²) in [4.78, 5) is 11.6. The number of ether oxygens (including phenoxy) is 1. The maximum atomic E-state index is 11.6. The Labute approximate surface area is 100 Å². The van der Waals surface area contributed by atoms with Crippen LogP contribution in [-0.4, -0.2) is 17.7 Å². The smallest absolute Gasteiger partial charge is 0.309 e. The molecule has 1 fully saturated rings. The summed E-state index contributed by atoms with van der Waals surface area (Å²) in [5.74, 6) is 0.0392. The first-order valence-corrected chi connectivity index (χ1v) is 6.18. The van der Waals surface area contributed by atoms with Crippen molar-refractivity contribution in [3.63, 3.8) is 0 Å². The first kappa shape index (κ1) is 10.8. The van der Waals surface area contributed by atoms with Crippen molar-refractivity contribution in [2.45, 2.75) is 25.4 Å². The van der Waals surface area contributed by atoms with Crippen molar-refractivity contribution in [3.8, 4) is 0 Å². The van der Waals surface area contributed by atoms with E-state index >= 15 is 0 Å². The fourth-order valence-corrected chi connectivity index (χ4v) is 2.97. The molecular formula is C14H16O3. The van der Waals surface area contributed by atoms with E-state index in [0.29, 0.717) is 13.0 Å². The molecule has 1 aliphatic carbocycles. The Bertz CT molecular complexity index is 441. The molecule has 17 heavy (non-hydrogen) atoms. The van der Waals surface area contributed by atoms with Crippen LogP contribution in [0.3, 0.4) is 0 Å². The van der Waals surface area contributed by atoms with Crippen molar-refractivity contribution < 1.29 is 14.6 Å². The van der Waals surface area contributed by atoms with Crippen LogP contribution in [0.4, 0.5) is 0 Å². The lowest BCUT2D eigenvalue weighted by Crippen LogP contribution is -2.22. The van der Waals surface area contributed by atoms with Crippen molar-refractivity contribution in [2.75, 3.05) is 6.61 Å². The van der Waals surface area contributed by atoms with E-state index in [0.717, 1.165) is 18.4 Å². The predicted molar refractivity (Wildman–Crippen MR) is 62.3 cm³/mol. The summed E-state index contributed by atoms with van der Waals surface area (Å²) in [5, 5.41) is 10.2. The van der Waals surface area contributed by atoms with E-state index in [1.54, 1.807) is 0 Å². The molecule has 1 N–H and O–H groups in total. The summed E-state index contributed by atoms with van der Waals surface area (Å²) in [6.07, 6.45) is 1.86. The van der Waals surface area contributed by atoms with E-state index in [1.807, 2.05) is 18.2 Å². The van der Waals surface area contributed by atoms with Crippen LogP contribution in [0.5, 0.6) is 0 Å². The van der Waals surface area contributed by atoms with Crippen molar-refractivity contribution in [2.24, 2.45) is 11.8 Å². The van der Waals surface area contributed by atoms with Crippen LogP contribution in [0.25, 0.3) is 0 Å². The number of aryl methyl sites for hydroxylation is 1. The van der Waals surface area contributed by atoms with E-state index in [2.05, 4.69) is 6.07 Å². The van der Waals surface area contributed by atoms with E-state index in [9.17, 15) is 9.90 Å². The van der Waals surface area contributed by atoms with E-state index in [1.165, 1.54) is 5.56 Å². The maximum absolute atomic E-state index is 11.6. The van der Waals surface area contributed by atoms with Crippen molar-refractivity contribution in [1.29, 1.82) is 0 Å². The second kappa shape index (κ2) is 4.15. The monoisotopic (exact) mass is 232 g/mol. The lowest BCUT2D eigenvalue weighted by molar-refractivity contribution is -0.142. The third-order valence-electron chi connectivity index (χ3n) is 3.99. The molecule has 3 nitrogen and oxygen atoms in total. The van der Waals surface area contributed by atoms with Gasteiger partial charge in [0.25, 0.3) is 0 Å². The summed E-state index contributed by atoms with van der Waals surface area (Å²) < 4.78 is 5.11. The molecule has 0 saturated carbocycles. The minimum Gasteiger partial charge on any atom is -0.465 e. The molecule has 1 heterocycles. The maximum Gasteiger partial charge on any atom is 0.309 e. The highest BCUT2D eigenvalue weighted by Crippen LogP contribution is 2.37. The number of aliphatic hydroxyl groups is 1. The number of rotatable bonds is 0. The average Bonchev–Trinajstić information content (AvgIpc) is 2.66. The Hall–Kier alpha value is -1.35. The number of cyclic esters (lactones) is 1. The zero-order valence-corrected chi connectivity index (χ0v) is 9.63. The van der Waals surface area contributed by atoms with Gasteiger partial charge in [-0.3, -0.25) is 4.79 Å². The molecule has 0 spiro atoms. The molecule has 1 aromatic rings. The summed E-state index contributed by atoms with van der Waals surface area (Å²) in [5.41, 5.74) is 2.18. The molecule has 0 amide bonds. The minimum atomic E-state index is -0.537. The molecule has 90 valence electrons. The van der Waals surface area contributed by atoms with Gasteiger partial charge in [-0.15, -0.1) is 0 Å². The Balaban J connectivity index is 1.93. The van der Waals surface area contributed by atoms with E-state index in [-0.39, 0.29) is 17.8 Å². The van der Waals surface area contributed by atoms with Gasteiger partial charge in [-0.05, 0) is 30.4 Å². The fraction of sp³-hybridized carbons (Fsp3) is 0.500. The second-order valence-electron chi connectivity index (χ2n) is 4.99. The number of aliphatic hydroxyl groups excluding tert-OH is 1. The Kier molecular flexibility index (Phi) is 2.63. The number of hydrogen-bond donors (Lipinski definition) is 1. The number of esters is 1. The van der Waals surface area contributed by atoms with Crippen LogP contribution in [0, 0.1) is 11.8 Å². The van der Waals surface area contributed by atoms with Gasteiger partial charge in [-0.25, -0.2) is 0 Å². The summed E-state index contributed by atoms with van der Waals surface area (Å²) in [6, 6.07) is 7.96. The average molecular weight is 232 g/mol. The third kappa shape index (κ3) is 1.84. The van der Waals surface area contributed by atoms with Gasteiger partial charge in [0.1, 0.15) is 0 Å². The van der Waals surface area contributed by atoms with E-state index < -0.39 is 6.10 Å². The third-order valence-corrected chi connectivity index (χ3v) is 3.99. The van der Waals surface area contributed by atoms with Gasteiger partial charge < -0.3 is 9.84 Å². The standard InChI is InChI=1S/C14H16O3/c15-13-7-12-10(8-17-14(12)16)6-5-9-3-1-2-4-11(9)13/h1-4,10,12-13,15H,5-8H2/t10-,12-,13-/m0/s1. The molecule has 0 unspecified atom stereocenters. The summed E-state index contributed by atoms with van der Waals surface area (Å²) in [7, 11) is 0. The highest BCUT2D eigenvalue weighted by atomic mass is 16.5. The van der Waals surface area contributed by atoms with Crippen LogP contribution in [-0.2, 0) is 16.0 Å². The number of carbonyl (C=O) groups excluding carboxylic acids is 1. The second-order valence-corrected chi connectivity index (χ2v) is 4.99. The van der Waals surface area contributed by atoms with Gasteiger partial charge in [-0.1, -0.05) is 24.3 Å². The van der Waals surface area contributed by atoms with Gasteiger partial charge in [0.05, 0.1) is 18.6 Å². The van der Waals surface area contributed by atoms with Crippen LogP contribution >= 0.6 is 0 Å². The lowest BCUT2D eigenvalue weighted by atomic mass is 9.80. The predicted octanol–water partition coefficient (Wildman–Crippen LogP) is 1.85. The van der Waals surface area contributed by atoms with Crippen LogP contribution in [0.2, 0.25) is 0 Å². The largest absolute Gasteiger partial charge is 0.465 e. The van der Waals surface area contributed by atoms with Crippen molar-refractivity contribution in [3.05, 3.63) is 35.4 Å². The molecule has 3 rings (SSSR count). The Morgan fingerprint density at radius 2 is 2.12 bits per heavy atom. The van der Waals surface area contributed by atoms with Gasteiger partial charge in [-0.2, -0.15) is 0 Å². The zero-order chi connectivity index (χ0) is 11.8. The fourth-order valence-electron chi connectivity index (χ4n) is 2.97. The van der Waals surface area contributed by atoms with Crippen LogP contribution < -0.4 is 0 Å². The summed E-state index contributed by atoms with van der Waals surface area (Å²) in [6.45, 7) is 0.526. The van der Waals surface area contributed by atoms with Crippen molar-refractivity contribution in [1.82, 2.24) is 0 Å². The van der Waals surface area contributed by atoms with Crippen LogP contribution in [0.1, 0.15) is 30.1 Å². The highest BCUT2D eigenvalue weighted by Gasteiger charge is 2.39. The molecule has 0 aromatic heterocycles. The summed E-state index contributed by atoms with van der Waals surface area (Å²) >= 11 is 0. The SMILES string of the molecule is O=C1OC[C@@H]2CCc3ccccc3[C@@H](O)C[C@H]12. The van der Waals surface area contributed by atoms with Crippen LogP contribution in [0.15, 0.2) is 24.3 Å². The quantitative estimate of drug-likeness (QED) is 0.694.